The van der Waals surface area contributed by atoms with E-state index in [1.165, 1.54) is 17.2 Å². The third kappa shape index (κ3) is 1.87. The molecule has 16 heavy (non-hydrogen) atoms. The van der Waals surface area contributed by atoms with E-state index in [-0.39, 0.29) is 17.6 Å². The minimum absolute atomic E-state index is 0.0419. The number of nitrogens with two attached hydrogens (primary N) is 1. The Bertz CT molecular complexity index is 429. The average Bonchev–Trinajstić information content (AvgIpc) is 2.58. The molecule has 1 aliphatic rings. The van der Waals surface area contributed by atoms with Crippen LogP contribution < -0.4 is 10.6 Å². The van der Waals surface area contributed by atoms with Crippen LogP contribution >= 0.6 is 0 Å². The number of hydrogen-bond acceptors (Lipinski definition) is 4. The highest BCUT2D eigenvalue weighted by molar-refractivity contribution is 5.96. The molecule has 6 nitrogen and oxygen atoms in total. The van der Waals surface area contributed by atoms with Crippen LogP contribution in [0.3, 0.4) is 0 Å². The minimum atomic E-state index is -1.09. The second-order valence-corrected chi connectivity index (χ2v) is 3.68. The summed E-state index contributed by atoms with van der Waals surface area (Å²) >= 11 is 0. The van der Waals surface area contributed by atoms with E-state index in [0.29, 0.717) is 18.7 Å². The largest absolute Gasteiger partial charge is 0.477 e. The molecule has 2 rings (SSSR count). The standard InChI is InChI=1S/C10H11N3O3/c11-6-3-9(14)13(5-6)7-1-2-8(10(15)16)12-4-7/h1-2,4,6H,3,5,11H2,(H,15,16). The zero-order chi connectivity index (χ0) is 11.7. The highest BCUT2D eigenvalue weighted by atomic mass is 16.4. The second-order valence-electron chi connectivity index (χ2n) is 3.68. The summed E-state index contributed by atoms with van der Waals surface area (Å²) in [6, 6.07) is 2.77. The maximum absolute atomic E-state index is 11.5. The highest BCUT2D eigenvalue weighted by Gasteiger charge is 2.28. The number of anilines is 1. The molecule has 0 aliphatic carbocycles. The van der Waals surface area contributed by atoms with Gasteiger partial charge in [-0.2, -0.15) is 0 Å². The molecular weight excluding hydrogens is 210 g/mol. The second kappa shape index (κ2) is 3.90. The van der Waals surface area contributed by atoms with Crippen molar-refractivity contribution in [3.63, 3.8) is 0 Å². The van der Waals surface area contributed by atoms with E-state index in [1.807, 2.05) is 0 Å². The third-order valence-electron chi connectivity index (χ3n) is 2.43. The Morgan fingerprint density at radius 1 is 1.56 bits per heavy atom. The Kier molecular flexibility index (Phi) is 2.57. The Morgan fingerprint density at radius 2 is 2.31 bits per heavy atom. The van der Waals surface area contributed by atoms with E-state index in [0.717, 1.165) is 0 Å². The fourth-order valence-electron chi connectivity index (χ4n) is 1.66. The lowest BCUT2D eigenvalue weighted by atomic mass is 10.3. The van der Waals surface area contributed by atoms with E-state index in [9.17, 15) is 9.59 Å². The molecule has 0 aromatic carbocycles. The van der Waals surface area contributed by atoms with Gasteiger partial charge in [-0.1, -0.05) is 0 Å². The van der Waals surface area contributed by atoms with E-state index < -0.39 is 5.97 Å². The Hall–Kier alpha value is -1.95. The number of aromatic carboxylic acids is 1. The van der Waals surface area contributed by atoms with Gasteiger partial charge in [-0.15, -0.1) is 0 Å². The number of aromatic nitrogens is 1. The summed E-state index contributed by atoms with van der Waals surface area (Å²) in [5.74, 6) is -1.15. The number of rotatable bonds is 2. The van der Waals surface area contributed by atoms with Gasteiger partial charge in [0.15, 0.2) is 0 Å². The summed E-state index contributed by atoms with van der Waals surface area (Å²) in [7, 11) is 0. The summed E-state index contributed by atoms with van der Waals surface area (Å²) in [6.45, 7) is 0.451. The molecule has 1 aromatic rings. The van der Waals surface area contributed by atoms with Gasteiger partial charge >= 0.3 is 5.97 Å². The van der Waals surface area contributed by atoms with Crippen LogP contribution in [-0.4, -0.2) is 34.6 Å². The van der Waals surface area contributed by atoms with Crippen LogP contribution in [0.5, 0.6) is 0 Å². The lowest BCUT2D eigenvalue weighted by Gasteiger charge is -2.15. The van der Waals surface area contributed by atoms with Gasteiger partial charge in [-0.25, -0.2) is 9.78 Å². The fraction of sp³-hybridized carbons (Fsp3) is 0.300. The molecule has 6 heteroatoms. The molecule has 1 fully saturated rings. The van der Waals surface area contributed by atoms with E-state index >= 15 is 0 Å². The quantitative estimate of drug-likeness (QED) is 0.723. The Morgan fingerprint density at radius 3 is 2.75 bits per heavy atom. The van der Waals surface area contributed by atoms with Crippen molar-refractivity contribution in [2.75, 3.05) is 11.4 Å². The van der Waals surface area contributed by atoms with Gasteiger partial charge < -0.3 is 15.7 Å². The molecular formula is C10H11N3O3. The molecule has 1 amide bonds. The van der Waals surface area contributed by atoms with Crippen LogP contribution in [-0.2, 0) is 4.79 Å². The van der Waals surface area contributed by atoms with Crippen molar-refractivity contribution in [1.29, 1.82) is 0 Å². The maximum atomic E-state index is 11.5. The molecule has 1 saturated heterocycles. The number of carbonyl (C=O) groups is 2. The van der Waals surface area contributed by atoms with Crippen molar-refractivity contribution in [2.24, 2.45) is 5.73 Å². The summed E-state index contributed by atoms with van der Waals surface area (Å²) in [6.07, 6.45) is 1.69. The van der Waals surface area contributed by atoms with Gasteiger partial charge in [0.1, 0.15) is 5.69 Å². The normalized spacial score (nSPS) is 20.2. The van der Waals surface area contributed by atoms with Crippen molar-refractivity contribution >= 4 is 17.6 Å². The van der Waals surface area contributed by atoms with Crippen LogP contribution in [0.25, 0.3) is 0 Å². The van der Waals surface area contributed by atoms with Crippen LogP contribution in [0, 0.1) is 0 Å². The van der Waals surface area contributed by atoms with E-state index in [2.05, 4.69) is 4.98 Å². The predicted molar refractivity (Wildman–Crippen MR) is 56.1 cm³/mol. The number of hydrogen-bond donors (Lipinski definition) is 2. The van der Waals surface area contributed by atoms with Crippen molar-refractivity contribution in [3.8, 4) is 0 Å². The number of carbonyl (C=O) groups excluding carboxylic acids is 1. The molecule has 1 aromatic heterocycles. The topological polar surface area (TPSA) is 96.5 Å². The van der Waals surface area contributed by atoms with Gasteiger partial charge in [0.25, 0.3) is 0 Å². The molecule has 1 aliphatic heterocycles. The van der Waals surface area contributed by atoms with Gasteiger partial charge in [0.2, 0.25) is 5.91 Å². The molecule has 0 bridgehead atoms. The first-order valence-electron chi connectivity index (χ1n) is 4.83. The predicted octanol–water partition coefficient (Wildman–Crippen LogP) is -0.156. The van der Waals surface area contributed by atoms with Crippen LogP contribution in [0.15, 0.2) is 18.3 Å². The van der Waals surface area contributed by atoms with Crippen molar-refractivity contribution < 1.29 is 14.7 Å². The molecule has 84 valence electrons. The van der Waals surface area contributed by atoms with Gasteiger partial charge in [-0.05, 0) is 12.1 Å². The monoisotopic (exact) mass is 221 g/mol. The smallest absolute Gasteiger partial charge is 0.354 e. The molecule has 3 N–H and O–H groups in total. The van der Waals surface area contributed by atoms with Crippen molar-refractivity contribution in [2.45, 2.75) is 12.5 Å². The Balaban J connectivity index is 2.22. The number of pyridine rings is 1. The Labute approximate surface area is 91.7 Å². The van der Waals surface area contributed by atoms with Gasteiger partial charge in [0, 0.05) is 19.0 Å². The van der Waals surface area contributed by atoms with E-state index in [4.69, 9.17) is 10.8 Å². The number of amides is 1. The van der Waals surface area contributed by atoms with Gasteiger partial charge in [-0.3, -0.25) is 4.79 Å². The summed E-state index contributed by atoms with van der Waals surface area (Å²) < 4.78 is 0. The summed E-state index contributed by atoms with van der Waals surface area (Å²) in [5, 5.41) is 8.67. The lowest BCUT2D eigenvalue weighted by molar-refractivity contribution is -0.117. The SMILES string of the molecule is NC1CC(=O)N(c2ccc(C(=O)O)nc2)C1. The van der Waals surface area contributed by atoms with Crippen LogP contribution in [0.2, 0.25) is 0 Å². The highest BCUT2D eigenvalue weighted by Crippen LogP contribution is 2.19. The number of carboxylic acids is 1. The number of nitrogens with zero attached hydrogens (tertiary/aromatic N) is 2. The van der Waals surface area contributed by atoms with Crippen LogP contribution in [0.4, 0.5) is 5.69 Å². The van der Waals surface area contributed by atoms with Crippen molar-refractivity contribution in [3.05, 3.63) is 24.0 Å². The first-order chi connectivity index (χ1) is 7.58. The zero-order valence-corrected chi connectivity index (χ0v) is 8.46. The first kappa shape index (κ1) is 10.6. The zero-order valence-electron chi connectivity index (χ0n) is 8.46. The fourth-order valence-corrected chi connectivity index (χ4v) is 1.66. The molecule has 1 atom stereocenters. The molecule has 0 saturated carbocycles. The minimum Gasteiger partial charge on any atom is -0.477 e. The number of carboxylic acid groups (broad SMARTS) is 1. The van der Waals surface area contributed by atoms with Crippen molar-refractivity contribution in [1.82, 2.24) is 4.98 Å². The lowest BCUT2D eigenvalue weighted by Crippen LogP contribution is -2.28. The summed E-state index contributed by atoms with van der Waals surface area (Å²) in [4.78, 5) is 27.4. The first-order valence-corrected chi connectivity index (χ1v) is 4.83. The summed E-state index contributed by atoms with van der Waals surface area (Å²) in [5.41, 5.74) is 6.20. The molecule has 1 unspecified atom stereocenters. The molecule has 0 spiro atoms. The maximum Gasteiger partial charge on any atom is 0.354 e. The van der Waals surface area contributed by atoms with Gasteiger partial charge in [0.05, 0.1) is 11.9 Å². The van der Waals surface area contributed by atoms with E-state index in [1.54, 1.807) is 6.07 Å². The van der Waals surface area contributed by atoms with Crippen LogP contribution in [0.1, 0.15) is 16.9 Å². The molecule has 0 radical (unpaired) electrons. The molecule has 2 heterocycles. The third-order valence-corrected chi connectivity index (χ3v) is 2.43. The average molecular weight is 221 g/mol.